The Bertz CT molecular complexity index is 582. The van der Waals surface area contributed by atoms with E-state index in [1.165, 1.54) is 31.4 Å². The third-order valence-corrected chi connectivity index (χ3v) is 3.78. The van der Waals surface area contributed by atoms with Crippen molar-refractivity contribution in [1.82, 2.24) is 0 Å². The van der Waals surface area contributed by atoms with Crippen LogP contribution in [-0.4, -0.2) is 13.1 Å². The topological polar surface area (TPSA) is 73.9 Å². The molecule has 1 saturated carbocycles. The molecule has 0 aliphatic heterocycles. The van der Waals surface area contributed by atoms with E-state index in [0.717, 1.165) is 12.8 Å². The van der Waals surface area contributed by atoms with Crippen LogP contribution in [0.25, 0.3) is 0 Å². The fourth-order valence-corrected chi connectivity index (χ4v) is 2.71. The summed E-state index contributed by atoms with van der Waals surface area (Å²) in [6, 6.07) is 9.12. The summed E-state index contributed by atoms with van der Waals surface area (Å²) >= 11 is 0. The first-order chi connectivity index (χ1) is 9.60. The van der Waals surface area contributed by atoms with Crippen LogP contribution in [0, 0.1) is 40.3 Å². The molecule has 4 nitrogen and oxygen atoms in total. The molecule has 0 heterocycles. The quantitative estimate of drug-likeness (QED) is 0.788. The van der Waals surface area contributed by atoms with Gasteiger partial charge < -0.3 is 4.74 Å². The molecule has 2 rings (SSSR count). The fraction of sp³-hybridized carbons (Fsp3) is 0.400. The van der Waals surface area contributed by atoms with E-state index in [4.69, 9.17) is 4.74 Å². The van der Waals surface area contributed by atoms with Crippen LogP contribution < -0.4 is 0 Å². The molecule has 1 aliphatic carbocycles. The van der Waals surface area contributed by atoms with Crippen LogP contribution in [0.3, 0.4) is 0 Å². The van der Waals surface area contributed by atoms with E-state index in [9.17, 15) is 19.7 Å². The maximum absolute atomic E-state index is 13.1. The first kappa shape index (κ1) is 14.0. The smallest absolute Gasteiger partial charge is 0.319 e. The van der Waals surface area contributed by atoms with Gasteiger partial charge in [0.15, 0.2) is 5.92 Å². The lowest BCUT2D eigenvalue weighted by molar-refractivity contribution is -0.149. The normalized spacial score (nSPS) is 16.9. The number of esters is 1. The van der Waals surface area contributed by atoms with Gasteiger partial charge in [-0.1, -0.05) is 12.1 Å². The standard InChI is InChI=1S/C15H13FN2O2/c1-20-14(19)15(10-2-3-10,12(8-17)9-18)11-4-6-13(16)7-5-11/h4-7,10,12H,2-3H2,1H3. The van der Waals surface area contributed by atoms with Gasteiger partial charge in [0, 0.05) is 0 Å². The van der Waals surface area contributed by atoms with E-state index < -0.39 is 23.1 Å². The summed E-state index contributed by atoms with van der Waals surface area (Å²) in [7, 11) is 1.23. The molecule has 0 radical (unpaired) electrons. The number of halogens is 1. The number of hydrogen-bond acceptors (Lipinski definition) is 4. The van der Waals surface area contributed by atoms with Gasteiger partial charge in [-0.2, -0.15) is 10.5 Å². The highest BCUT2D eigenvalue weighted by atomic mass is 19.1. The Morgan fingerprint density at radius 3 is 2.30 bits per heavy atom. The van der Waals surface area contributed by atoms with E-state index in [1.807, 2.05) is 12.1 Å². The molecular weight excluding hydrogens is 259 g/mol. The lowest BCUT2D eigenvalue weighted by Gasteiger charge is -2.32. The number of carbonyl (C=O) groups is 1. The van der Waals surface area contributed by atoms with E-state index in [0.29, 0.717) is 5.56 Å². The van der Waals surface area contributed by atoms with Crippen LogP contribution in [0.4, 0.5) is 4.39 Å². The number of nitriles is 2. The highest BCUT2D eigenvalue weighted by molar-refractivity contribution is 5.85. The lowest BCUT2D eigenvalue weighted by Crippen LogP contribution is -2.45. The molecule has 0 spiro atoms. The van der Waals surface area contributed by atoms with Crippen LogP contribution >= 0.6 is 0 Å². The Morgan fingerprint density at radius 2 is 1.90 bits per heavy atom. The van der Waals surface area contributed by atoms with Gasteiger partial charge in [0.1, 0.15) is 11.2 Å². The number of nitrogens with zero attached hydrogens (tertiary/aromatic N) is 2. The molecule has 1 atom stereocenters. The van der Waals surface area contributed by atoms with Gasteiger partial charge in [-0.25, -0.2) is 4.39 Å². The van der Waals surface area contributed by atoms with E-state index in [1.54, 1.807) is 0 Å². The molecule has 0 N–H and O–H groups in total. The minimum absolute atomic E-state index is 0.121. The molecule has 1 aromatic carbocycles. The fourth-order valence-electron chi connectivity index (χ4n) is 2.71. The summed E-state index contributed by atoms with van der Waals surface area (Å²) in [5.41, 5.74) is -0.868. The van der Waals surface area contributed by atoms with Crippen LogP contribution in [-0.2, 0) is 14.9 Å². The van der Waals surface area contributed by atoms with Gasteiger partial charge in [0.2, 0.25) is 0 Å². The van der Waals surface area contributed by atoms with Crippen LogP contribution in [0.5, 0.6) is 0 Å². The number of benzene rings is 1. The Morgan fingerprint density at radius 1 is 1.35 bits per heavy atom. The number of hydrogen-bond donors (Lipinski definition) is 0. The molecule has 1 fully saturated rings. The third-order valence-electron chi connectivity index (χ3n) is 3.78. The molecule has 1 aromatic rings. The average Bonchev–Trinajstić information content (AvgIpc) is 3.30. The summed E-state index contributed by atoms with van der Waals surface area (Å²) in [6.45, 7) is 0. The zero-order valence-electron chi connectivity index (χ0n) is 11.0. The number of rotatable bonds is 4. The third kappa shape index (κ3) is 2.02. The monoisotopic (exact) mass is 272 g/mol. The van der Waals surface area contributed by atoms with Crippen LogP contribution in [0.1, 0.15) is 18.4 Å². The maximum Gasteiger partial charge on any atom is 0.319 e. The Labute approximate surface area is 116 Å². The predicted molar refractivity (Wildman–Crippen MR) is 67.5 cm³/mol. The van der Waals surface area contributed by atoms with Crippen molar-refractivity contribution < 1.29 is 13.9 Å². The minimum Gasteiger partial charge on any atom is -0.468 e. The molecule has 0 aromatic heterocycles. The van der Waals surface area contributed by atoms with Crippen LogP contribution in [0.2, 0.25) is 0 Å². The van der Waals surface area contributed by atoms with Crippen molar-refractivity contribution in [3.63, 3.8) is 0 Å². The summed E-state index contributed by atoms with van der Waals surface area (Å²) in [6.07, 6.45) is 1.48. The largest absolute Gasteiger partial charge is 0.468 e. The van der Waals surface area contributed by atoms with Crippen molar-refractivity contribution in [2.75, 3.05) is 7.11 Å². The zero-order valence-corrected chi connectivity index (χ0v) is 11.0. The lowest BCUT2D eigenvalue weighted by atomic mass is 9.67. The predicted octanol–water partition coefficient (Wildman–Crippen LogP) is 2.31. The molecule has 0 amide bonds. The van der Waals surface area contributed by atoms with Gasteiger partial charge in [-0.15, -0.1) is 0 Å². The summed E-state index contributed by atoms with van der Waals surface area (Å²) < 4.78 is 17.9. The molecule has 20 heavy (non-hydrogen) atoms. The van der Waals surface area contributed by atoms with Crippen molar-refractivity contribution in [2.24, 2.45) is 11.8 Å². The van der Waals surface area contributed by atoms with Gasteiger partial charge in [-0.3, -0.25) is 4.79 Å². The van der Waals surface area contributed by atoms with Crippen molar-refractivity contribution in [3.05, 3.63) is 35.6 Å². The van der Waals surface area contributed by atoms with E-state index in [2.05, 4.69) is 0 Å². The molecule has 102 valence electrons. The average molecular weight is 272 g/mol. The highest BCUT2D eigenvalue weighted by Gasteiger charge is 2.58. The number of ether oxygens (including phenoxy) is 1. The second-order valence-corrected chi connectivity index (χ2v) is 4.83. The molecule has 5 heteroatoms. The maximum atomic E-state index is 13.1. The van der Waals surface area contributed by atoms with E-state index in [-0.39, 0.29) is 5.92 Å². The molecule has 0 saturated heterocycles. The van der Waals surface area contributed by atoms with Gasteiger partial charge in [0.25, 0.3) is 0 Å². The number of methoxy groups -OCH3 is 1. The number of carbonyl (C=O) groups excluding carboxylic acids is 1. The second-order valence-electron chi connectivity index (χ2n) is 4.83. The van der Waals surface area contributed by atoms with E-state index >= 15 is 0 Å². The SMILES string of the molecule is COC(=O)C(c1ccc(F)cc1)(C(C#N)C#N)C1CC1. The van der Waals surface area contributed by atoms with Crippen molar-refractivity contribution in [2.45, 2.75) is 18.3 Å². The Hall–Kier alpha value is -2.40. The highest BCUT2D eigenvalue weighted by Crippen LogP contribution is 2.52. The Balaban J connectivity index is 2.64. The van der Waals surface area contributed by atoms with Gasteiger partial charge in [-0.05, 0) is 36.5 Å². The van der Waals surface area contributed by atoms with Crippen molar-refractivity contribution in [1.29, 1.82) is 10.5 Å². The zero-order chi connectivity index (χ0) is 14.8. The van der Waals surface area contributed by atoms with Crippen LogP contribution in [0.15, 0.2) is 24.3 Å². The van der Waals surface area contributed by atoms with Gasteiger partial charge in [0.05, 0.1) is 19.2 Å². The first-order valence-corrected chi connectivity index (χ1v) is 6.25. The Kier molecular flexibility index (Phi) is 3.72. The summed E-state index contributed by atoms with van der Waals surface area (Å²) in [4.78, 5) is 12.3. The first-order valence-electron chi connectivity index (χ1n) is 6.25. The van der Waals surface area contributed by atoms with Crippen molar-refractivity contribution in [3.8, 4) is 12.1 Å². The molecule has 0 bridgehead atoms. The second kappa shape index (κ2) is 5.30. The van der Waals surface area contributed by atoms with Crippen molar-refractivity contribution >= 4 is 5.97 Å². The summed E-state index contributed by atoms with van der Waals surface area (Å²) in [5.74, 6) is -2.33. The molecule has 1 aliphatic rings. The van der Waals surface area contributed by atoms with Gasteiger partial charge >= 0.3 is 5.97 Å². The molecule has 1 unspecified atom stereocenters. The molecular formula is C15H13FN2O2. The minimum atomic E-state index is -1.33. The summed E-state index contributed by atoms with van der Waals surface area (Å²) in [5, 5.41) is 18.5.